The zero-order valence-electron chi connectivity index (χ0n) is 12.6. The number of morpholine rings is 1. The fourth-order valence-corrected chi connectivity index (χ4v) is 4.43. The highest BCUT2D eigenvalue weighted by Gasteiger charge is 2.29. The van der Waals surface area contributed by atoms with Crippen molar-refractivity contribution < 1.29 is 13.2 Å². The van der Waals surface area contributed by atoms with Gasteiger partial charge in [-0.2, -0.15) is 11.3 Å². The Labute approximate surface area is 135 Å². The number of ether oxygens (including phenoxy) is 1. The molecule has 1 fully saturated rings. The molecule has 2 atom stereocenters. The van der Waals surface area contributed by atoms with Crippen molar-refractivity contribution in [3.8, 4) is 0 Å². The van der Waals surface area contributed by atoms with E-state index in [2.05, 4.69) is 16.3 Å². The quantitative estimate of drug-likeness (QED) is 0.863. The van der Waals surface area contributed by atoms with Crippen molar-refractivity contribution in [2.75, 3.05) is 24.2 Å². The molecule has 1 aliphatic heterocycles. The Morgan fingerprint density at radius 1 is 1.23 bits per heavy atom. The van der Waals surface area contributed by atoms with Crippen molar-refractivity contribution in [2.24, 2.45) is 0 Å². The normalized spacial score (nSPS) is 22.7. The third-order valence-corrected chi connectivity index (χ3v) is 5.63. The van der Waals surface area contributed by atoms with Crippen LogP contribution in [0.1, 0.15) is 18.6 Å². The van der Waals surface area contributed by atoms with Gasteiger partial charge in [0.15, 0.2) is 9.84 Å². The first-order valence-electron chi connectivity index (χ1n) is 7.17. The van der Waals surface area contributed by atoms with Crippen LogP contribution in [-0.2, 0) is 14.6 Å². The average Bonchev–Trinajstić information content (AvgIpc) is 3.00. The minimum Gasteiger partial charge on any atom is -0.367 e. The summed E-state index contributed by atoms with van der Waals surface area (Å²) in [5, 5.41) is 4.12. The molecule has 0 saturated carbocycles. The van der Waals surface area contributed by atoms with Crippen molar-refractivity contribution in [3.05, 3.63) is 46.7 Å². The van der Waals surface area contributed by atoms with Crippen LogP contribution in [0.25, 0.3) is 0 Å². The van der Waals surface area contributed by atoms with Crippen LogP contribution in [0.3, 0.4) is 0 Å². The highest BCUT2D eigenvalue weighted by molar-refractivity contribution is 7.90. The van der Waals surface area contributed by atoms with Crippen LogP contribution >= 0.6 is 11.3 Å². The van der Waals surface area contributed by atoms with Gasteiger partial charge in [-0.1, -0.05) is 12.1 Å². The molecule has 0 amide bonds. The summed E-state index contributed by atoms with van der Waals surface area (Å²) in [5.41, 5.74) is 1.92. The van der Waals surface area contributed by atoms with E-state index in [9.17, 15) is 8.42 Å². The molecule has 2 unspecified atom stereocenters. The SMILES string of the molecule is CC1CN(c2ccccc2S(C)(=O)=O)CC(c2ccsc2)O1. The largest absolute Gasteiger partial charge is 0.367 e. The second-order valence-corrected chi connectivity index (χ2v) is 8.40. The van der Waals surface area contributed by atoms with Gasteiger partial charge in [0.2, 0.25) is 0 Å². The van der Waals surface area contributed by atoms with E-state index in [0.29, 0.717) is 18.0 Å². The Morgan fingerprint density at radius 3 is 2.68 bits per heavy atom. The molecule has 2 aromatic rings. The molecule has 1 aromatic carbocycles. The minimum absolute atomic E-state index is 0.0254. The van der Waals surface area contributed by atoms with Gasteiger partial charge in [-0.3, -0.25) is 0 Å². The van der Waals surface area contributed by atoms with Crippen LogP contribution in [0.4, 0.5) is 5.69 Å². The van der Waals surface area contributed by atoms with Gasteiger partial charge in [-0.25, -0.2) is 8.42 Å². The van der Waals surface area contributed by atoms with E-state index in [1.165, 1.54) is 6.26 Å². The first kappa shape index (κ1) is 15.5. The highest BCUT2D eigenvalue weighted by atomic mass is 32.2. The molecular weight excluding hydrogens is 318 g/mol. The van der Waals surface area contributed by atoms with Gasteiger partial charge >= 0.3 is 0 Å². The smallest absolute Gasteiger partial charge is 0.177 e. The molecule has 0 N–H and O–H groups in total. The number of rotatable bonds is 3. The van der Waals surface area contributed by atoms with Crippen LogP contribution < -0.4 is 4.90 Å². The maximum Gasteiger partial charge on any atom is 0.177 e. The van der Waals surface area contributed by atoms with E-state index >= 15 is 0 Å². The summed E-state index contributed by atoms with van der Waals surface area (Å²) in [4.78, 5) is 2.50. The molecule has 0 bridgehead atoms. The van der Waals surface area contributed by atoms with Crippen LogP contribution in [0.2, 0.25) is 0 Å². The maximum absolute atomic E-state index is 12.0. The first-order chi connectivity index (χ1) is 10.4. The molecule has 4 nitrogen and oxygen atoms in total. The molecule has 0 spiro atoms. The summed E-state index contributed by atoms with van der Waals surface area (Å²) in [5.74, 6) is 0. The number of para-hydroxylation sites is 1. The monoisotopic (exact) mass is 337 g/mol. The number of nitrogens with zero attached hydrogens (tertiary/aromatic N) is 1. The van der Waals surface area contributed by atoms with Gasteiger partial charge in [0.1, 0.15) is 6.10 Å². The predicted octanol–water partition coefficient (Wildman–Crippen LogP) is 3.12. The van der Waals surface area contributed by atoms with Gasteiger partial charge in [-0.05, 0) is 41.4 Å². The molecule has 118 valence electrons. The number of benzene rings is 1. The van der Waals surface area contributed by atoms with Crippen molar-refractivity contribution in [2.45, 2.75) is 24.0 Å². The van der Waals surface area contributed by atoms with Gasteiger partial charge in [0.05, 0.1) is 16.7 Å². The summed E-state index contributed by atoms with van der Waals surface area (Å²) in [6.07, 6.45) is 1.28. The van der Waals surface area contributed by atoms with Crippen LogP contribution in [0.15, 0.2) is 46.0 Å². The first-order valence-corrected chi connectivity index (χ1v) is 10.00. The molecule has 3 rings (SSSR count). The van der Waals surface area contributed by atoms with Gasteiger partial charge in [0.25, 0.3) is 0 Å². The van der Waals surface area contributed by atoms with Crippen molar-refractivity contribution >= 4 is 26.9 Å². The third-order valence-electron chi connectivity index (χ3n) is 3.78. The summed E-state index contributed by atoms with van der Waals surface area (Å²) in [7, 11) is -3.25. The summed E-state index contributed by atoms with van der Waals surface area (Å²) < 4.78 is 30.1. The molecule has 6 heteroatoms. The van der Waals surface area contributed by atoms with Crippen LogP contribution in [0.5, 0.6) is 0 Å². The lowest BCUT2D eigenvalue weighted by Crippen LogP contribution is -2.43. The number of hydrogen-bond acceptors (Lipinski definition) is 5. The number of hydrogen-bond donors (Lipinski definition) is 0. The van der Waals surface area contributed by atoms with E-state index in [-0.39, 0.29) is 12.2 Å². The van der Waals surface area contributed by atoms with Gasteiger partial charge < -0.3 is 9.64 Å². The van der Waals surface area contributed by atoms with Crippen LogP contribution in [0, 0.1) is 0 Å². The second kappa shape index (κ2) is 6.02. The standard InChI is InChI=1S/C16H19NO3S2/c1-12-9-17(10-15(20-12)13-7-8-21-11-13)14-5-3-4-6-16(14)22(2,18)19/h3-8,11-12,15H,9-10H2,1-2H3. The lowest BCUT2D eigenvalue weighted by molar-refractivity contribution is -0.0173. The minimum atomic E-state index is -3.25. The van der Waals surface area contributed by atoms with E-state index < -0.39 is 9.84 Å². The predicted molar refractivity (Wildman–Crippen MR) is 89.4 cm³/mol. The summed E-state index contributed by atoms with van der Waals surface area (Å²) >= 11 is 1.64. The van der Waals surface area contributed by atoms with E-state index in [1.54, 1.807) is 23.5 Å². The lowest BCUT2D eigenvalue weighted by Gasteiger charge is -2.38. The Morgan fingerprint density at radius 2 is 2.00 bits per heavy atom. The van der Waals surface area contributed by atoms with E-state index in [0.717, 1.165) is 11.3 Å². The van der Waals surface area contributed by atoms with Crippen molar-refractivity contribution in [1.82, 2.24) is 0 Å². The zero-order valence-corrected chi connectivity index (χ0v) is 14.2. The van der Waals surface area contributed by atoms with E-state index in [4.69, 9.17) is 4.74 Å². The highest BCUT2D eigenvalue weighted by Crippen LogP contribution is 2.32. The Hall–Kier alpha value is -1.37. The maximum atomic E-state index is 12.0. The summed E-state index contributed by atoms with van der Waals surface area (Å²) in [6.45, 7) is 3.37. The Bertz CT molecular complexity index is 741. The van der Waals surface area contributed by atoms with E-state index in [1.807, 2.05) is 24.4 Å². The molecule has 1 aliphatic rings. The molecule has 1 aromatic heterocycles. The molecule has 2 heterocycles. The molecule has 22 heavy (non-hydrogen) atoms. The third kappa shape index (κ3) is 3.19. The fourth-order valence-electron chi connectivity index (χ4n) is 2.82. The zero-order chi connectivity index (χ0) is 15.7. The van der Waals surface area contributed by atoms with Crippen molar-refractivity contribution in [1.29, 1.82) is 0 Å². The van der Waals surface area contributed by atoms with Crippen molar-refractivity contribution in [3.63, 3.8) is 0 Å². The number of thiophene rings is 1. The number of anilines is 1. The second-order valence-electron chi connectivity index (χ2n) is 5.64. The van der Waals surface area contributed by atoms with Crippen LogP contribution in [-0.4, -0.2) is 33.9 Å². The molecular formula is C16H19NO3S2. The lowest BCUT2D eigenvalue weighted by atomic mass is 10.1. The average molecular weight is 337 g/mol. The Kier molecular flexibility index (Phi) is 4.25. The topological polar surface area (TPSA) is 46.6 Å². The molecule has 1 saturated heterocycles. The Balaban J connectivity index is 1.95. The number of sulfone groups is 1. The molecule has 0 aliphatic carbocycles. The molecule has 0 radical (unpaired) electrons. The van der Waals surface area contributed by atoms with Gasteiger partial charge in [-0.15, -0.1) is 0 Å². The fraction of sp³-hybridized carbons (Fsp3) is 0.375. The van der Waals surface area contributed by atoms with Gasteiger partial charge in [0, 0.05) is 19.3 Å². The summed E-state index contributed by atoms with van der Waals surface area (Å²) in [6, 6.07) is 9.25.